The molecule has 7 heteroatoms. The van der Waals surface area contributed by atoms with Gasteiger partial charge in [0.05, 0.1) is 6.33 Å². The van der Waals surface area contributed by atoms with Gasteiger partial charge in [-0.25, -0.2) is 23.7 Å². The van der Waals surface area contributed by atoms with Crippen LogP contribution in [0.15, 0.2) is 30.9 Å². The summed E-state index contributed by atoms with van der Waals surface area (Å²) in [6.07, 6.45) is 5.43. The van der Waals surface area contributed by atoms with Crippen molar-refractivity contribution in [3.05, 3.63) is 42.5 Å². The highest BCUT2D eigenvalue weighted by atomic mass is 19.2. The van der Waals surface area contributed by atoms with E-state index in [0.29, 0.717) is 23.1 Å². The Hall–Kier alpha value is -2.57. The first-order valence-electron chi connectivity index (χ1n) is 6.62. The SMILES string of the molecule is Fc1ccc(Nc2ncnc3c2ncn3C2CC2)cc1F. The van der Waals surface area contributed by atoms with Crippen molar-refractivity contribution in [3.63, 3.8) is 0 Å². The number of hydrogen-bond acceptors (Lipinski definition) is 4. The molecule has 3 aromatic rings. The van der Waals surface area contributed by atoms with Crippen molar-refractivity contribution < 1.29 is 8.78 Å². The lowest BCUT2D eigenvalue weighted by Gasteiger charge is -2.06. The minimum atomic E-state index is -0.909. The number of aromatic nitrogens is 4. The van der Waals surface area contributed by atoms with Crippen LogP contribution in [-0.2, 0) is 0 Å². The molecule has 0 unspecified atom stereocenters. The Bertz CT molecular complexity index is 825. The summed E-state index contributed by atoms with van der Waals surface area (Å²) >= 11 is 0. The molecule has 4 rings (SSSR count). The van der Waals surface area contributed by atoms with Crippen LogP contribution in [0, 0.1) is 11.6 Å². The smallest absolute Gasteiger partial charge is 0.165 e. The Kier molecular flexibility index (Phi) is 2.60. The molecule has 1 aliphatic carbocycles. The maximum atomic E-state index is 13.2. The third-order valence-electron chi connectivity index (χ3n) is 3.48. The number of fused-ring (bicyclic) bond motifs is 1. The number of rotatable bonds is 3. The average Bonchev–Trinajstić information content (AvgIpc) is 3.23. The first kappa shape index (κ1) is 12.2. The van der Waals surface area contributed by atoms with E-state index < -0.39 is 11.6 Å². The summed E-state index contributed by atoms with van der Waals surface area (Å²) < 4.78 is 28.2. The quantitative estimate of drug-likeness (QED) is 0.803. The monoisotopic (exact) mass is 287 g/mol. The van der Waals surface area contributed by atoms with E-state index in [1.807, 2.05) is 4.57 Å². The van der Waals surface area contributed by atoms with E-state index in [-0.39, 0.29) is 0 Å². The fourth-order valence-corrected chi connectivity index (χ4v) is 2.27. The van der Waals surface area contributed by atoms with Crippen LogP contribution >= 0.6 is 0 Å². The van der Waals surface area contributed by atoms with Gasteiger partial charge in [-0.2, -0.15) is 0 Å². The maximum absolute atomic E-state index is 13.2. The fraction of sp³-hybridized carbons (Fsp3) is 0.214. The van der Waals surface area contributed by atoms with Gasteiger partial charge in [0, 0.05) is 17.8 Å². The van der Waals surface area contributed by atoms with Gasteiger partial charge in [-0.05, 0) is 25.0 Å². The highest BCUT2D eigenvalue weighted by Gasteiger charge is 2.26. The molecule has 0 saturated heterocycles. The van der Waals surface area contributed by atoms with Crippen LogP contribution in [0.4, 0.5) is 20.3 Å². The molecular weight excluding hydrogens is 276 g/mol. The third-order valence-corrected chi connectivity index (χ3v) is 3.48. The zero-order chi connectivity index (χ0) is 14.4. The molecule has 5 nitrogen and oxygen atoms in total. The van der Waals surface area contributed by atoms with E-state index in [9.17, 15) is 8.78 Å². The van der Waals surface area contributed by atoms with Gasteiger partial charge < -0.3 is 9.88 Å². The van der Waals surface area contributed by atoms with Crippen LogP contribution in [0.2, 0.25) is 0 Å². The van der Waals surface area contributed by atoms with Gasteiger partial charge in [-0.15, -0.1) is 0 Å². The van der Waals surface area contributed by atoms with Crippen LogP contribution in [-0.4, -0.2) is 19.5 Å². The van der Waals surface area contributed by atoms with Crippen molar-refractivity contribution in [2.75, 3.05) is 5.32 Å². The van der Waals surface area contributed by atoms with E-state index >= 15 is 0 Å². The van der Waals surface area contributed by atoms with E-state index in [0.717, 1.165) is 30.6 Å². The lowest BCUT2D eigenvalue weighted by atomic mass is 10.3. The van der Waals surface area contributed by atoms with E-state index in [1.165, 1.54) is 12.4 Å². The zero-order valence-corrected chi connectivity index (χ0v) is 10.9. The molecule has 0 bridgehead atoms. The Labute approximate surface area is 118 Å². The van der Waals surface area contributed by atoms with Crippen molar-refractivity contribution in [3.8, 4) is 0 Å². The number of benzene rings is 1. The molecule has 0 radical (unpaired) electrons. The highest BCUT2D eigenvalue weighted by molar-refractivity contribution is 5.85. The number of nitrogens with one attached hydrogen (secondary N) is 1. The zero-order valence-electron chi connectivity index (χ0n) is 10.9. The molecule has 106 valence electrons. The molecule has 0 amide bonds. The number of anilines is 2. The summed E-state index contributed by atoms with van der Waals surface area (Å²) in [6, 6.07) is 4.06. The van der Waals surface area contributed by atoms with E-state index in [4.69, 9.17) is 0 Å². The van der Waals surface area contributed by atoms with Gasteiger partial charge in [-0.3, -0.25) is 0 Å². The Morgan fingerprint density at radius 3 is 2.71 bits per heavy atom. The van der Waals surface area contributed by atoms with Crippen molar-refractivity contribution in [2.45, 2.75) is 18.9 Å². The van der Waals surface area contributed by atoms with Crippen LogP contribution in [0.3, 0.4) is 0 Å². The summed E-state index contributed by atoms with van der Waals surface area (Å²) in [5.41, 5.74) is 1.78. The minimum Gasteiger partial charge on any atom is -0.338 e. The van der Waals surface area contributed by atoms with Gasteiger partial charge in [0.25, 0.3) is 0 Å². The number of imidazole rings is 1. The van der Waals surface area contributed by atoms with Crippen molar-refractivity contribution in [1.29, 1.82) is 0 Å². The molecule has 0 aliphatic heterocycles. The third kappa shape index (κ3) is 2.10. The summed E-state index contributed by atoms with van der Waals surface area (Å²) in [5.74, 6) is -1.31. The van der Waals surface area contributed by atoms with Crippen molar-refractivity contribution in [1.82, 2.24) is 19.5 Å². The number of halogens is 2. The Balaban J connectivity index is 1.74. The summed E-state index contributed by atoms with van der Waals surface area (Å²) in [7, 11) is 0. The van der Waals surface area contributed by atoms with Crippen LogP contribution in [0.1, 0.15) is 18.9 Å². The molecule has 2 heterocycles. The van der Waals surface area contributed by atoms with Gasteiger partial charge in [-0.1, -0.05) is 0 Å². The molecule has 2 aromatic heterocycles. The van der Waals surface area contributed by atoms with Crippen LogP contribution in [0.5, 0.6) is 0 Å². The topological polar surface area (TPSA) is 55.6 Å². The van der Waals surface area contributed by atoms with Gasteiger partial charge in [0.15, 0.2) is 28.6 Å². The van der Waals surface area contributed by atoms with Gasteiger partial charge in [0.1, 0.15) is 6.33 Å². The fourth-order valence-electron chi connectivity index (χ4n) is 2.27. The Morgan fingerprint density at radius 2 is 1.95 bits per heavy atom. The largest absolute Gasteiger partial charge is 0.338 e. The first-order valence-corrected chi connectivity index (χ1v) is 6.62. The van der Waals surface area contributed by atoms with Gasteiger partial charge in [0.2, 0.25) is 0 Å². The van der Waals surface area contributed by atoms with Crippen molar-refractivity contribution >= 4 is 22.7 Å². The highest BCUT2D eigenvalue weighted by Crippen LogP contribution is 2.37. The average molecular weight is 287 g/mol. The van der Waals surface area contributed by atoms with Crippen LogP contribution in [0.25, 0.3) is 11.2 Å². The lowest BCUT2D eigenvalue weighted by Crippen LogP contribution is -1.99. The van der Waals surface area contributed by atoms with E-state index in [2.05, 4.69) is 20.3 Å². The number of hydrogen-bond donors (Lipinski definition) is 1. The summed E-state index contributed by atoms with van der Waals surface area (Å²) in [4.78, 5) is 12.7. The first-order chi connectivity index (χ1) is 10.2. The lowest BCUT2D eigenvalue weighted by molar-refractivity contribution is 0.509. The molecule has 1 N–H and O–H groups in total. The number of nitrogens with zero attached hydrogens (tertiary/aromatic N) is 4. The van der Waals surface area contributed by atoms with Crippen molar-refractivity contribution in [2.24, 2.45) is 0 Å². The second-order valence-electron chi connectivity index (χ2n) is 5.03. The summed E-state index contributed by atoms with van der Waals surface area (Å²) in [5, 5.41) is 2.95. The standard InChI is InChI=1S/C14H11F2N5/c15-10-4-1-8(5-11(10)16)20-13-12-14(18-6-17-13)21(7-19-12)9-2-3-9/h1,4-7,9H,2-3H2,(H,17,18,20). The predicted octanol–water partition coefficient (Wildman–Crippen LogP) is 3.18. The van der Waals surface area contributed by atoms with E-state index in [1.54, 1.807) is 6.33 Å². The molecular formula is C14H11F2N5. The molecule has 1 saturated carbocycles. The maximum Gasteiger partial charge on any atom is 0.165 e. The second-order valence-corrected chi connectivity index (χ2v) is 5.03. The molecule has 0 spiro atoms. The molecule has 1 aliphatic rings. The normalized spacial score (nSPS) is 14.6. The predicted molar refractivity (Wildman–Crippen MR) is 73.2 cm³/mol. The minimum absolute atomic E-state index is 0.412. The van der Waals surface area contributed by atoms with Crippen LogP contribution < -0.4 is 5.32 Å². The molecule has 1 fully saturated rings. The Morgan fingerprint density at radius 1 is 1.10 bits per heavy atom. The molecule has 1 aromatic carbocycles. The molecule has 21 heavy (non-hydrogen) atoms. The second kappa shape index (κ2) is 4.47. The summed E-state index contributed by atoms with van der Waals surface area (Å²) in [6.45, 7) is 0. The molecule has 0 atom stereocenters. The van der Waals surface area contributed by atoms with Gasteiger partial charge >= 0.3 is 0 Å².